The molecule has 1 atom stereocenters. The summed E-state index contributed by atoms with van der Waals surface area (Å²) in [5, 5.41) is 11.1. The predicted molar refractivity (Wildman–Crippen MR) is 87.5 cm³/mol. The van der Waals surface area contributed by atoms with E-state index in [1.807, 2.05) is 55.5 Å². The Morgan fingerprint density at radius 1 is 0.900 bits per heavy atom. The molecule has 20 heavy (non-hydrogen) atoms. The van der Waals surface area contributed by atoms with E-state index in [-0.39, 0.29) is 0 Å². The largest absolute Gasteiger partial charge is 0.381 e. The molecular formula is C18H20OSi. The van der Waals surface area contributed by atoms with Crippen molar-refractivity contribution in [1.82, 2.24) is 0 Å². The van der Waals surface area contributed by atoms with Gasteiger partial charge in [0.05, 0.1) is 0 Å². The van der Waals surface area contributed by atoms with Crippen molar-refractivity contribution in [2.45, 2.75) is 25.2 Å². The summed E-state index contributed by atoms with van der Waals surface area (Å²) in [6.07, 6.45) is 0. The molecule has 0 unspecified atom stereocenters. The van der Waals surface area contributed by atoms with Crippen molar-refractivity contribution in [1.29, 1.82) is 0 Å². The van der Waals surface area contributed by atoms with Crippen LogP contribution in [0.3, 0.4) is 0 Å². The summed E-state index contributed by atoms with van der Waals surface area (Å²) < 4.78 is 0. The Kier molecular flexibility index (Phi) is 4.13. The van der Waals surface area contributed by atoms with Gasteiger partial charge in [-0.15, -0.1) is 0 Å². The van der Waals surface area contributed by atoms with Crippen molar-refractivity contribution in [3.63, 3.8) is 0 Å². The van der Waals surface area contributed by atoms with E-state index in [1.165, 1.54) is 5.19 Å². The monoisotopic (exact) mass is 280 g/mol. The molecule has 0 fully saturated rings. The van der Waals surface area contributed by atoms with Gasteiger partial charge >= 0.3 is 0 Å². The van der Waals surface area contributed by atoms with Crippen LogP contribution in [-0.4, -0.2) is 18.4 Å². The highest BCUT2D eigenvalue weighted by Crippen LogP contribution is 2.20. The van der Waals surface area contributed by atoms with E-state index >= 15 is 0 Å². The fraction of sp³-hybridized carbons (Fsp3) is 0.222. The number of hydrogen-bond acceptors (Lipinski definition) is 1. The lowest BCUT2D eigenvalue weighted by molar-refractivity contribution is 0.198. The first kappa shape index (κ1) is 14.6. The number of rotatable bonds is 2. The third kappa shape index (κ3) is 3.01. The maximum absolute atomic E-state index is 10.8. The molecule has 0 aliphatic rings. The second kappa shape index (κ2) is 5.66. The van der Waals surface area contributed by atoms with Crippen molar-refractivity contribution in [2.24, 2.45) is 0 Å². The molecular weight excluding hydrogens is 260 g/mol. The van der Waals surface area contributed by atoms with Crippen LogP contribution >= 0.6 is 0 Å². The third-order valence-electron chi connectivity index (χ3n) is 3.94. The standard InChI is InChI=1S/C18H20OSi/c1-18(19,15-14-16-10-6-4-7-11-16)20(2,3)17-12-8-5-9-13-17/h4-13,19H,1-3H3/t18-/m0/s1. The van der Waals surface area contributed by atoms with Crippen molar-refractivity contribution in [3.8, 4) is 11.8 Å². The van der Waals surface area contributed by atoms with Crippen LogP contribution in [0.5, 0.6) is 0 Å². The van der Waals surface area contributed by atoms with E-state index in [2.05, 4.69) is 37.1 Å². The highest BCUT2D eigenvalue weighted by Gasteiger charge is 2.41. The Morgan fingerprint density at radius 2 is 1.40 bits per heavy atom. The van der Waals surface area contributed by atoms with Crippen molar-refractivity contribution >= 4 is 13.3 Å². The van der Waals surface area contributed by atoms with Gasteiger partial charge in [-0.3, -0.25) is 0 Å². The number of benzene rings is 2. The van der Waals surface area contributed by atoms with Crippen LogP contribution in [0.1, 0.15) is 12.5 Å². The Labute approximate surface area is 122 Å². The average Bonchev–Trinajstić information content (AvgIpc) is 2.47. The SMILES string of the molecule is C[C@@](O)(C#Cc1ccccc1)[Si](C)(C)c1ccccc1. The summed E-state index contributed by atoms with van der Waals surface area (Å²) >= 11 is 0. The Balaban J connectivity index is 2.33. The molecule has 0 radical (unpaired) electrons. The Hall–Kier alpha value is -1.82. The van der Waals surface area contributed by atoms with Gasteiger partial charge < -0.3 is 5.11 Å². The first-order chi connectivity index (χ1) is 9.43. The molecule has 2 heteroatoms. The van der Waals surface area contributed by atoms with Gasteiger partial charge in [-0.1, -0.05) is 78.7 Å². The van der Waals surface area contributed by atoms with Crippen molar-refractivity contribution < 1.29 is 5.11 Å². The second-order valence-electron chi connectivity index (χ2n) is 5.68. The van der Waals surface area contributed by atoms with E-state index in [1.54, 1.807) is 0 Å². The van der Waals surface area contributed by atoms with Crippen LogP contribution in [0, 0.1) is 11.8 Å². The summed E-state index contributed by atoms with van der Waals surface area (Å²) in [4.78, 5) is 0. The second-order valence-corrected chi connectivity index (χ2v) is 10.5. The lowest BCUT2D eigenvalue weighted by atomic mass is 10.2. The lowest BCUT2D eigenvalue weighted by Gasteiger charge is -2.34. The molecule has 1 nitrogen and oxygen atoms in total. The first-order valence-electron chi connectivity index (χ1n) is 6.79. The summed E-state index contributed by atoms with van der Waals surface area (Å²) in [6, 6.07) is 20.0. The summed E-state index contributed by atoms with van der Waals surface area (Å²) in [7, 11) is -2.08. The molecule has 0 aliphatic carbocycles. The molecule has 0 amide bonds. The first-order valence-corrected chi connectivity index (χ1v) is 9.79. The fourth-order valence-corrected chi connectivity index (χ4v) is 3.97. The maximum atomic E-state index is 10.8. The van der Waals surface area contributed by atoms with E-state index in [4.69, 9.17) is 0 Å². The van der Waals surface area contributed by atoms with Crippen LogP contribution < -0.4 is 5.19 Å². The van der Waals surface area contributed by atoms with Crippen LogP contribution in [0.15, 0.2) is 60.7 Å². The quantitative estimate of drug-likeness (QED) is 0.662. The molecule has 1 N–H and O–H groups in total. The van der Waals surface area contributed by atoms with E-state index in [9.17, 15) is 5.11 Å². The van der Waals surface area contributed by atoms with Gasteiger partial charge in [0.1, 0.15) is 13.3 Å². The zero-order valence-electron chi connectivity index (χ0n) is 12.2. The Morgan fingerprint density at radius 3 is 1.95 bits per heavy atom. The molecule has 0 bridgehead atoms. The van der Waals surface area contributed by atoms with Gasteiger partial charge in [0.25, 0.3) is 0 Å². The molecule has 102 valence electrons. The minimum atomic E-state index is -2.08. The van der Waals surface area contributed by atoms with E-state index < -0.39 is 13.3 Å². The van der Waals surface area contributed by atoms with E-state index in [0.717, 1.165) is 5.56 Å². The molecule has 2 aromatic rings. The topological polar surface area (TPSA) is 20.2 Å². The predicted octanol–water partition coefficient (Wildman–Crippen LogP) is 2.94. The molecule has 0 saturated heterocycles. The van der Waals surface area contributed by atoms with Gasteiger partial charge in [0.15, 0.2) is 0 Å². The van der Waals surface area contributed by atoms with Crippen LogP contribution in [0.25, 0.3) is 0 Å². The fourth-order valence-electron chi connectivity index (χ4n) is 2.01. The normalized spacial score (nSPS) is 14.0. The minimum absolute atomic E-state index is 0.936. The van der Waals surface area contributed by atoms with E-state index in [0.29, 0.717) is 0 Å². The van der Waals surface area contributed by atoms with Gasteiger partial charge in [0.2, 0.25) is 0 Å². The average molecular weight is 280 g/mol. The lowest BCUT2D eigenvalue weighted by Crippen LogP contribution is -2.60. The zero-order chi connectivity index (χ0) is 14.6. The van der Waals surface area contributed by atoms with Crippen molar-refractivity contribution in [3.05, 3.63) is 66.2 Å². The summed E-state index contributed by atoms with van der Waals surface area (Å²) in [5.41, 5.74) is 0.936. The molecule has 0 saturated carbocycles. The molecule has 0 aliphatic heterocycles. The minimum Gasteiger partial charge on any atom is -0.381 e. The zero-order valence-corrected chi connectivity index (χ0v) is 13.2. The summed E-state index contributed by atoms with van der Waals surface area (Å²) in [6.45, 7) is 6.15. The van der Waals surface area contributed by atoms with Gasteiger partial charge in [0, 0.05) is 5.56 Å². The van der Waals surface area contributed by atoms with Gasteiger partial charge in [-0.25, -0.2) is 0 Å². The highest BCUT2D eigenvalue weighted by atomic mass is 28.3. The van der Waals surface area contributed by atoms with Crippen molar-refractivity contribution in [2.75, 3.05) is 0 Å². The molecule has 2 rings (SSSR count). The smallest absolute Gasteiger partial charge is 0.131 e. The third-order valence-corrected chi connectivity index (χ3v) is 8.27. The maximum Gasteiger partial charge on any atom is 0.131 e. The van der Waals surface area contributed by atoms with Gasteiger partial charge in [-0.2, -0.15) is 0 Å². The molecule has 0 spiro atoms. The van der Waals surface area contributed by atoms with Crippen LogP contribution in [-0.2, 0) is 0 Å². The van der Waals surface area contributed by atoms with Gasteiger partial charge in [-0.05, 0) is 19.1 Å². The van der Waals surface area contributed by atoms with Crippen LogP contribution in [0.4, 0.5) is 0 Å². The van der Waals surface area contributed by atoms with Crippen LogP contribution in [0.2, 0.25) is 13.1 Å². The molecule has 0 aromatic heterocycles. The number of hydrogen-bond donors (Lipinski definition) is 1. The number of aliphatic hydroxyl groups is 1. The molecule has 0 heterocycles. The molecule has 2 aromatic carbocycles. The highest BCUT2D eigenvalue weighted by molar-refractivity contribution is 6.92. The Bertz CT molecular complexity index is 619. The summed E-state index contributed by atoms with van der Waals surface area (Å²) in [5.74, 6) is 6.18.